The number of anilines is 1. The van der Waals surface area contributed by atoms with E-state index in [1.165, 1.54) is 0 Å². The summed E-state index contributed by atoms with van der Waals surface area (Å²) in [6, 6.07) is 5.79. The van der Waals surface area contributed by atoms with Crippen LogP contribution in [0.5, 0.6) is 11.5 Å². The van der Waals surface area contributed by atoms with Gasteiger partial charge in [-0.2, -0.15) is 10.1 Å². The van der Waals surface area contributed by atoms with Gasteiger partial charge in [-0.15, -0.1) is 0 Å². The molecule has 122 valence electrons. The van der Waals surface area contributed by atoms with Crippen molar-refractivity contribution >= 4 is 5.95 Å². The molecule has 0 unspecified atom stereocenters. The Morgan fingerprint density at radius 2 is 1.96 bits per heavy atom. The normalized spacial score (nSPS) is 16.3. The van der Waals surface area contributed by atoms with Crippen LogP contribution in [-0.4, -0.2) is 36.1 Å². The van der Waals surface area contributed by atoms with Gasteiger partial charge in [0.1, 0.15) is 12.6 Å². The molecule has 7 nitrogen and oxygen atoms in total. The predicted molar refractivity (Wildman–Crippen MR) is 85.8 cm³/mol. The molecular formula is C16H20N4O3. The van der Waals surface area contributed by atoms with Crippen LogP contribution in [0.2, 0.25) is 0 Å². The van der Waals surface area contributed by atoms with Crippen LogP contribution in [0.3, 0.4) is 0 Å². The van der Waals surface area contributed by atoms with E-state index in [0.717, 1.165) is 11.3 Å². The number of fused-ring (bicyclic) bond motifs is 1. The molecule has 1 aliphatic heterocycles. The highest BCUT2D eigenvalue weighted by atomic mass is 16.5. The summed E-state index contributed by atoms with van der Waals surface area (Å²) < 4.78 is 17.7. The molecule has 0 bridgehead atoms. The predicted octanol–water partition coefficient (Wildman–Crippen LogP) is 2.36. The topological polar surface area (TPSA) is 70.4 Å². The molecule has 1 atom stereocenters. The van der Waals surface area contributed by atoms with Gasteiger partial charge in [0.25, 0.3) is 0 Å². The number of nitrogens with zero attached hydrogens (tertiary/aromatic N) is 3. The van der Waals surface area contributed by atoms with Crippen LogP contribution in [0.1, 0.15) is 24.4 Å². The van der Waals surface area contributed by atoms with Crippen molar-refractivity contribution < 1.29 is 14.2 Å². The second kappa shape index (κ2) is 6.29. The Kier molecular flexibility index (Phi) is 4.20. The highest BCUT2D eigenvalue weighted by Crippen LogP contribution is 2.34. The third-order valence-corrected chi connectivity index (χ3v) is 3.68. The third-order valence-electron chi connectivity index (χ3n) is 3.68. The highest BCUT2D eigenvalue weighted by Gasteiger charge is 2.24. The van der Waals surface area contributed by atoms with Crippen molar-refractivity contribution in [1.82, 2.24) is 14.8 Å². The zero-order valence-corrected chi connectivity index (χ0v) is 13.7. The van der Waals surface area contributed by atoms with Crippen molar-refractivity contribution in [3.8, 4) is 11.5 Å². The number of rotatable bonds is 5. The first-order chi connectivity index (χ1) is 11.2. The largest absolute Gasteiger partial charge is 0.493 e. The number of methoxy groups -OCH3 is 3. The van der Waals surface area contributed by atoms with Crippen LogP contribution in [0.15, 0.2) is 30.0 Å². The maximum absolute atomic E-state index is 5.40. The Balaban J connectivity index is 2.03. The summed E-state index contributed by atoms with van der Waals surface area (Å²) in [5, 5.41) is 7.76. The molecule has 2 aromatic rings. The van der Waals surface area contributed by atoms with E-state index in [9.17, 15) is 0 Å². The number of ether oxygens (including phenoxy) is 3. The Hall–Kier alpha value is -2.54. The second-order valence-corrected chi connectivity index (χ2v) is 5.26. The van der Waals surface area contributed by atoms with Crippen molar-refractivity contribution in [3.63, 3.8) is 0 Å². The van der Waals surface area contributed by atoms with E-state index >= 15 is 0 Å². The minimum Gasteiger partial charge on any atom is -0.493 e. The van der Waals surface area contributed by atoms with E-state index in [-0.39, 0.29) is 6.04 Å². The van der Waals surface area contributed by atoms with Gasteiger partial charge in [0.15, 0.2) is 17.3 Å². The first-order valence-corrected chi connectivity index (χ1v) is 7.28. The number of hydrogen-bond acceptors (Lipinski definition) is 6. The molecule has 7 heteroatoms. The highest BCUT2D eigenvalue weighted by molar-refractivity contribution is 5.48. The summed E-state index contributed by atoms with van der Waals surface area (Å²) in [4.78, 5) is 4.46. The van der Waals surface area contributed by atoms with Gasteiger partial charge in [0.05, 0.1) is 14.2 Å². The molecule has 0 aliphatic carbocycles. The Labute approximate surface area is 134 Å². The Morgan fingerprint density at radius 3 is 2.65 bits per heavy atom. The third kappa shape index (κ3) is 2.87. The lowest BCUT2D eigenvalue weighted by Crippen LogP contribution is -2.19. The maximum atomic E-state index is 5.40. The molecule has 0 amide bonds. The van der Waals surface area contributed by atoms with Gasteiger partial charge in [0, 0.05) is 12.8 Å². The van der Waals surface area contributed by atoms with Crippen LogP contribution in [0, 0.1) is 0 Å². The first-order valence-electron chi connectivity index (χ1n) is 7.28. The Bertz CT molecular complexity index is 739. The van der Waals surface area contributed by atoms with Gasteiger partial charge >= 0.3 is 0 Å². The standard InChI is InChI=1S/C16H20N4O3/c1-10-7-12(11-5-6-13(22-3)14(8-11)23-4)20-16(17-10)18-15(19-20)9-21-2/h5-8,12H,9H2,1-4H3,(H,17,18,19)/t12-/m1/s1. The molecule has 23 heavy (non-hydrogen) atoms. The van der Waals surface area contributed by atoms with E-state index < -0.39 is 0 Å². The van der Waals surface area contributed by atoms with E-state index in [1.54, 1.807) is 21.3 Å². The zero-order chi connectivity index (χ0) is 16.4. The molecule has 1 aromatic carbocycles. The average Bonchev–Trinajstić information content (AvgIpc) is 2.96. The van der Waals surface area contributed by atoms with Gasteiger partial charge < -0.3 is 19.5 Å². The van der Waals surface area contributed by atoms with Crippen molar-refractivity contribution in [2.45, 2.75) is 19.6 Å². The molecule has 1 N–H and O–H groups in total. The van der Waals surface area contributed by atoms with E-state index in [2.05, 4.69) is 21.5 Å². The number of allylic oxidation sites excluding steroid dienone is 2. The summed E-state index contributed by atoms with van der Waals surface area (Å²) in [6.45, 7) is 2.38. The summed E-state index contributed by atoms with van der Waals surface area (Å²) >= 11 is 0. The number of hydrogen-bond donors (Lipinski definition) is 1. The molecule has 0 saturated carbocycles. The fourth-order valence-electron chi connectivity index (χ4n) is 2.64. The zero-order valence-electron chi connectivity index (χ0n) is 13.7. The molecule has 3 rings (SSSR count). The van der Waals surface area contributed by atoms with Crippen LogP contribution >= 0.6 is 0 Å². The van der Waals surface area contributed by atoms with Crippen molar-refractivity contribution in [2.75, 3.05) is 26.6 Å². The van der Waals surface area contributed by atoms with Crippen molar-refractivity contribution in [1.29, 1.82) is 0 Å². The fourth-order valence-corrected chi connectivity index (χ4v) is 2.64. The summed E-state index contributed by atoms with van der Waals surface area (Å²) in [7, 11) is 4.88. The lowest BCUT2D eigenvalue weighted by Gasteiger charge is -2.23. The van der Waals surface area contributed by atoms with Gasteiger partial charge in [-0.25, -0.2) is 4.68 Å². The van der Waals surface area contributed by atoms with Crippen LogP contribution in [0.4, 0.5) is 5.95 Å². The fraction of sp³-hybridized carbons (Fsp3) is 0.375. The number of aromatic nitrogens is 3. The molecule has 0 fully saturated rings. The van der Waals surface area contributed by atoms with E-state index in [1.807, 2.05) is 29.8 Å². The molecule has 0 radical (unpaired) electrons. The molecule has 2 heterocycles. The lowest BCUT2D eigenvalue weighted by molar-refractivity contribution is 0.177. The average molecular weight is 316 g/mol. The van der Waals surface area contributed by atoms with Gasteiger partial charge in [-0.1, -0.05) is 6.07 Å². The second-order valence-electron chi connectivity index (χ2n) is 5.26. The maximum Gasteiger partial charge on any atom is 0.226 e. The first kappa shape index (κ1) is 15.4. The Morgan fingerprint density at radius 1 is 1.17 bits per heavy atom. The van der Waals surface area contributed by atoms with Gasteiger partial charge in [-0.05, 0) is 30.7 Å². The molecule has 1 aromatic heterocycles. The summed E-state index contributed by atoms with van der Waals surface area (Å²) in [5.41, 5.74) is 2.06. The van der Waals surface area contributed by atoms with Gasteiger partial charge in [-0.3, -0.25) is 0 Å². The monoisotopic (exact) mass is 316 g/mol. The van der Waals surface area contributed by atoms with Crippen molar-refractivity contribution in [3.05, 3.63) is 41.4 Å². The van der Waals surface area contributed by atoms with E-state index in [4.69, 9.17) is 14.2 Å². The summed E-state index contributed by atoms with van der Waals surface area (Å²) in [5.74, 6) is 2.73. The minimum absolute atomic E-state index is 0.0656. The van der Waals surface area contributed by atoms with Crippen LogP contribution in [0.25, 0.3) is 0 Å². The van der Waals surface area contributed by atoms with Crippen LogP contribution in [-0.2, 0) is 11.3 Å². The quantitative estimate of drug-likeness (QED) is 0.913. The smallest absolute Gasteiger partial charge is 0.226 e. The molecule has 0 saturated heterocycles. The molecular weight excluding hydrogens is 296 g/mol. The van der Waals surface area contributed by atoms with E-state index in [0.29, 0.717) is 29.9 Å². The van der Waals surface area contributed by atoms with Gasteiger partial charge in [0.2, 0.25) is 5.95 Å². The molecule has 0 spiro atoms. The number of nitrogens with one attached hydrogen (secondary N) is 1. The van der Waals surface area contributed by atoms with Crippen LogP contribution < -0.4 is 14.8 Å². The lowest BCUT2D eigenvalue weighted by atomic mass is 10.0. The number of benzene rings is 1. The minimum atomic E-state index is -0.0656. The van der Waals surface area contributed by atoms with Crippen molar-refractivity contribution in [2.24, 2.45) is 0 Å². The molecule has 1 aliphatic rings. The summed E-state index contributed by atoms with van der Waals surface area (Å²) in [6.07, 6.45) is 2.10. The SMILES string of the molecule is COCc1nc2n(n1)[C@@H](c1ccc(OC)c(OC)c1)C=C(C)N2.